The zero-order valence-corrected chi connectivity index (χ0v) is 9.51. The van der Waals surface area contributed by atoms with Gasteiger partial charge in [-0.1, -0.05) is 0 Å². The molecule has 0 radical (unpaired) electrons. The third-order valence-corrected chi connectivity index (χ3v) is 1.45. The van der Waals surface area contributed by atoms with Gasteiger partial charge in [0, 0.05) is 0 Å². The summed E-state index contributed by atoms with van der Waals surface area (Å²) >= 11 is 0. The third-order valence-electron chi connectivity index (χ3n) is 1.45. The van der Waals surface area contributed by atoms with Crippen LogP contribution in [0.5, 0.6) is 0 Å². The molecular weight excluding hydrogens is 218 g/mol. The van der Waals surface area contributed by atoms with Crippen molar-refractivity contribution in [1.29, 1.82) is 0 Å². The number of carboxylic acid groups (broad SMARTS) is 2. The summed E-state index contributed by atoms with van der Waals surface area (Å²) in [5.74, 6) is -2.48. The molecule has 3 N–H and O–H groups in total. The SMILES string of the molecule is CC(C)(C)OC(O)N(CC(=O)O)CC(=O)O. The summed E-state index contributed by atoms with van der Waals surface area (Å²) in [6.07, 6.45) is -1.56. The average molecular weight is 235 g/mol. The van der Waals surface area contributed by atoms with Gasteiger partial charge in [-0.15, -0.1) is 0 Å². The number of carbonyl (C=O) groups is 2. The summed E-state index contributed by atoms with van der Waals surface area (Å²) in [5.41, 5.74) is -0.700. The Morgan fingerprint density at radius 1 is 1.19 bits per heavy atom. The molecule has 0 saturated heterocycles. The Hall–Kier alpha value is -1.18. The Bertz CT molecular complexity index is 243. The van der Waals surface area contributed by atoms with Crippen molar-refractivity contribution in [2.24, 2.45) is 0 Å². The van der Waals surface area contributed by atoms with Gasteiger partial charge >= 0.3 is 11.9 Å². The predicted molar refractivity (Wildman–Crippen MR) is 53.7 cm³/mol. The van der Waals surface area contributed by atoms with E-state index >= 15 is 0 Å². The fourth-order valence-electron chi connectivity index (χ4n) is 0.950. The molecule has 0 spiro atoms. The van der Waals surface area contributed by atoms with Crippen LogP contribution in [-0.2, 0) is 14.3 Å². The number of aliphatic hydroxyl groups is 1. The Balaban J connectivity index is 4.48. The van der Waals surface area contributed by atoms with Crippen molar-refractivity contribution in [3.8, 4) is 0 Å². The Kier molecular flexibility index (Phi) is 5.36. The molecule has 0 rings (SSSR count). The highest BCUT2D eigenvalue weighted by molar-refractivity contribution is 5.72. The Morgan fingerprint density at radius 3 is 1.81 bits per heavy atom. The molecule has 0 aromatic heterocycles. The molecule has 7 nitrogen and oxygen atoms in total. The van der Waals surface area contributed by atoms with E-state index in [1.807, 2.05) is 0 Å². The molecule has 0 heterocycles. The lowest BCUT2D eigenvalue weighted by Gasteiger charge is -2.30. The lowest BCUT2D eigenvalue weighted by atomic mass is 10.2. The molecule has 0 fully saturated rings. The first kappa shape index (κ1) is 14.8. The second kappa shape index (κ2) is 5.78. The van der Waals surface area contributed by atoms with E-state index in [-0.39, 0.29) is 0 Å². The monoisotopic (exact) mass is 235 g/mol. The van der Waals surface area contributed by atoms with Crippen LogP contribution in [0.15, 0.2) is 0 Å². The first-order valence-corrected chi connectivity index (χ1v) is 4.65. The fraction of sp³-hybridized carbons (Fsp3) is 0.778. The maximum Gasteiger partial charge on any atom is 0.317 e. The van der Waals surface area contributed by atoms with Crippen molar-refractivity contribution in [3.05, 3.63) is 0 Å². The van der Waals surface area contributed by atoms with Crippen LogP contribution in [-0.4, -0.2) is 57.3 Å². The average Bonchev–Trinajstić information content (AvgIpc) is 1.97. The summed E-state index contributed by atoms with van der Waals surface area (Å²) in [6.45, 7) is 3.77. The van der Waals surface area contributed by atoms with Gasteiger partial charge in [0.05, 0.1) is 5.60 Å². The van der Waals surface area contributed by atoms with E-state index in [2.05, 4.69) is 0 Å². The minimum absolute atomic E-state index is 0.608. The van der Waals surface area contributed by atoms with Crippen LogP contribution < -0.4 is 0 Å². The minimum Gasteiger partial charge on any atom is -0.480 e. The summed E-state index contributed by atoms with van der Waals surface area (Å²) < 4.78 is 5.06. The molecule has 0 aromatic rings. The second-order valence-electron chi connectivity index (χ2n) is 4.25. The van der Waals surface area contributed by atoms with Crippen LogP contribution in [0, 0.1) is 0 Å². The standard InChI is InChI=1S/C9H17NO6/c1-9(2,3)16-8(15)10(4-6(11)12)5-7(13)14/h8,15H,4-5H2,1-3H3,(H,11,12)(H,13,14). The van der Waals surface area contributed by atoms with Crippen LogP contribution in [0.1, 0.15) is 20.8 Å². The topological polar surface area (TPSA) is 107 Å². The van der Waals surface area contributed by atoms with E-state index in [1.165, 1.54) is 0 Å². The van der Waals surface area contributed by atoms with Crippen molar-refractivity contribution in [2.45, 2.75) is 32.8 Å². The molecule has 1 unspecified atom stereocenters. The van der Waals surface area contributed by atoms with Crippen molar-refractivity contribution < 1.29 is 29.6 Å². The molecular formula is C9H17NO6. The zero-order valence-electron chi connectivity index (χ0n) is 9.51. The third kappa shape index (κ3) is 7.16. The highest BCUT2D eigenvalue weighted by atomic mass is 16.6. The first-order chi connectivity index (χ1) is 7.11. The van der Waals surface area contributed by atoms with Crippen LogP contribution in [0.3, 0.4) is 0 Å². The van der Waals surface area contributed by atoms with E-state index in [1.54, 1.807) is 20.8 Å². The zero-order chi connectivity index (χ0) is 12.9. The lowest BCUT2D eigenvalue weighted by molar-refractivity contribution is -0.240. The normalized spacial score (nSPS) is 13.8. The number of rotatable bonds is 6. The van der Waals surface area contributed by atoms with Gasteiger partial charge < -0.3 is 20.1 Å². The Labute approximate surface area is 93.2 Å². The van der Waals surface area contributed by atoms with Gasteiger partial charge in [0.1, 0.15) is 13.1 Å². The van der Waals surface area contributed by atoms with Gasteiger partial charge in [-0.2, -0.15) is 0 Å². The molecule has 1 atom stereocenters. The van der Waals surface area contributed by atoms with Crippen molar-refractivity contribution in [2.75, 3.05) is 13.1 Å². The quantitative estimate of drug-likeness (QED) is 0.535. The van der Waals surface area contributed by atoms with Crippen LogP contribution in [0.4, 0.5) is 0 Å². The minimum atomic E-state index is -1.56. The van der Waals surface area contributed by atoms with Gasteiger partial charge in [0.2, 0.25) is 6.41 Å². The van der Waals surface area contributed by atoms with Crippen LogP contribution in [0.25, 0.3) is 0 Å². The number of nitrogens with zero attached hydrogens (tertiary/aromatic N) is 1. The highest BCUT2D eigenvalue weighted by Gasteiger charge is 2.25. The number of aliphatic hydroxyl groups excluding tert-OH is 1. The van der Waals surface area contributed by atoms with Gasteiger partial charge in [-0.3, -0.25) is 9.59 Å². The van der Waals surface area contributed by atoms with E-state index in [4.69, 9.17) is 14.9 Å². The molecule has 0 amide bonds. The maximum absolute atomic E-state index is 10.5. The number of carboxylic acids is 2. The summed E-state index contributed by atoms with van der Waals surface area (Å²) in [4.78, 5) is 21.7. The summed E-state index contributed by atoms with van der Waals surface area (Å²) in [7, 11) is 0. The predicted octanol–water partition coefficient (Wildman–Crippen LogP) is -0.451. The fourth-order valence-corrected chi connectivity index (χ4v) is 0.950. The van der Waals surface area contributed by atoms with Crippen LogP contribution >= 0.6 is 0 Å². The smallest absolute Gasteiger partial charge is 0.317 e. The number of aliphatic carboxylic acids is 2. The van der Waals surface area contributed by atoms with Gasteiger partial charge in [-0.05, 0) is 20.8 Å². The number of hydrogen-bond donors (Lipinski definition) is 3. The molecule has 0 aromatic carbocycles. The lowest BCUT2D eigenvalue weighted by Crippen LogP contribution is -2.46. The molecule has 0 saturated carbocycles. The summed E-state index contributed by atoms with van der Waals surface area (Å²) in [5, 5.41) is 26.6. The molecule has 94 valence electrons. The molecule has 0 aliphatic rings. The van der Waals surface area contributed by atoms with E-state index in [0.29, 0.717) is 0 Å². The van der Waals surface area contributed by atoms with Gasteiger partial charge in [0.15, 0.2) is 0 Å². The van der Waals surface area contributed by atoms with E-state index in [0.717, 1.165) is 4.90 Å². The highest BCUT2D eigenvalue weighted by Crippen LogP contribution is 2.11. The van der Waals surface area contributed by atoms with Crippen molar-refractivity contribution in [1.82, 2.24) is 4.90 Å². The number of hydrogen-bond acceptors (Lipinski definition) is 5. The molecule has 0 bridgehead atoms. The largest absolute Gasteiger partial charge is 0.480 e. The maximum atomic E-state index is 10.5. The summed E-state index contributed by atoms with van der Waals surface area (Å²) in [6, 6.07) is 0. The Morgan fingerprint density at radius 2 is 1.56 bits per heavy atom. The molecule has 0 aliphatic carbocycles. The van der Waals surface area contributed by atoms with Crippen molar-refractivity contribution in [3.63, 3.8) is 0 Å². The van der Waals surface area contributed by atoms with Gasteiger partial charge in [-0.25, -0.2) is 4.90 Å². The van der Waals surface area contributed by atoms with E-state index < -0.39 is 37.0 Å². The molecule has 0 aliphatic heterocycles. The van der Waals surface area contributed by atoms with Gasteiger partial charge in [0.25, 0.3) is 0 Å². The number of ether oxygens (including phenoxy) is 1. The molecule has 16 heavy (non-hydrogen) atoms. The molecule has 7 heteroatoms. The van der Waals surface area contributed by atoms with E-state index in [9.17, 15) is 14.7 Å². The first-order valence-electron chi connectivity index (χ1n) is 4.65. The van der Waals surface area contributed by atoms with Crippen LogP contribution in [0.2, 0.25) is 0 Å². The second-order valence-corrected chi connectivity index (χ2v) is 4.25. The van der Waals surface area contributed by atoms with Crippen molar-refractivity contribution >= 4 is 11.9 Å².